The lowest BCUT2D eigenvalue weighted by atomic mass is 9.95. The summed E-state index contributed by atoms with van der Waals surface area (Å²) in [5.41, 5.74) is 8.44. The molecule has 1 aromatic heterocycles. The van der Waals surface area contributed by atoms with E-state index in [0.29, 0.717) is 24.6 Å². The van der Waals surface area contributed by atoms with Gasteiger partial charge in [-0.05, 0) is 30.0 Å². The molecule has 0 radical (unpaired) electrons. The van der Waals surface area contributed by atoms with Gasteiger partial charge in [0.15, 0.2) is 0 Å². The van der Waals surface area contributed by atoms with Crippen LogP contribution in [0.4, 0.5) is 0 Å². The van der Waals surface area contributed by atoms with Gasteiger partial charge in [0.25, 0.3) is 5.91 Å². The first-order valence-corrected chi connectivity index (χ1v) is 8.97. The van der Waals surface area contributed by atoms with E-state index in [0.717, 1.165) is 17.0 Å². The zero-order chi connectivity index (χ0) is 16.8. The molecule has 0 bridgehead atoms. The number of aryl methyl sites for hydroxylation is 1. The Morgan fingerprint density at radius 1 is 1.30 bits per heavy atom. The second-order valence-electron chi connectivity index (χ2n) is 5.96. The first-order valence-electron chi connectivity index (χ1n) is 8.09. The molecule has 1 heterocycles. The maximum Gasteiger partial charge on any atom is 0.271 e. The van der Waals surface area contributed by atoms with Crippen LogP contribution in [-0.4, -0.2) is 17.4 Å². The summed E-state index contributed by atoms with van der Waals surface area (Å²) in [5, 5.41) is 5.83. The number of hydrogen-bond donors (Lipinski definition) is 2. The minimum absolute atomic E-state index is 0.0203. The van der Waals surface area contributed by atoms with Crippen molar-refractivity contribution in [2.45, 2.75) is 39.7 Å². The number of rotatable bonds is 7. The molecule has 1 amide bonds. The van der Waals surface area contributed by atoms with Gasteiger partial charge in [0, 0.05) is 11.8 Å². The summed E-state index contributed by atoms with van der Waals surface area (Å²) in [4.78, 5) is 16.8. The van der Waals surface area contributed by atoms with E-state index in [1.54, 1.807) is 5.38 Å². The lowest BCUT2D eigenvalue weighted by Gasteiger charge is -2.22. The Labute approximate surface area is 142 Å². The van der Waals surface area contributed by atoms with E-state index in [1.807, 2.05) is 0 Å². The summed E-state index contributed by atoms with van der Waals surface area (Å²) in [5.74, 6) is 0.177. The average molecular weight is 331 g/mol. The molecular formula is C18H25N3OS. The van der Waals surface area contributed by atoms with E-state index in [1.165, 1.54) is 16.9 Å². The molecule has 3 N–H and O–H groups in total. The third kappa shape index (κ3) is 4.62. The van der Waals surface area contributed by atoms with Gasteiger partial charge in [0.05, 0.1) is 11.0 Å². The Hall–Kier alpha value is -1.72. The molecule has 2 rings (SSSR count). The molecule has 5 heteroatoms. The molecular weight excluding hydrogens is 306 g/mol. The monoisotopic (exact) mass is 331 g/mol. The van der Waals surface area contributed by atoms with Crippen LogP contribution in [0.25, 0.3) is 0 Å². The number of amides is 1. The number of thiazole rings is 1. The second kappa shape index (κ2) is 8.22. The summed E-state index contributed by atoms with van der Waals surface area (Å²) >= 11 is 1.49. The Bertz CT molecular complexity index is 634. The summed E-state index contributed by atoms with van der Waals surface area (Å²) < 4.78 is 0. The molecule has 0 saturated carbocycles. The zero-order valence-electron chi connectivity index (χ0n) is 14.0. The van der Waals surface area contributed by atoms with Crippen LogP contribution < -0.4 is 11.1 Å². The maximum atomic E-state index is 12.5. The minimum atomic E-state index is -0.122. The minimum Gasteiger partial charge on any atom is -0.344 e. The lowest BCUT2D eigenvalue weighted by molar-refractivity contribution is 0.0921. The lowest BCUT2D eigenvalue weighted by Crippen LogP contribution is -2.32. The third-order valence-electron chi connectivity index (χ3n) is 3.84. The van der Waals surface area contributed by atoms with Gasteiger partial charge < -0.3 is 11.1 Å². The van der Waals surface area contributed by atoms with E-state index >= 15 is 0 Å². The van der Waals surface area contributed by atoms with E-state index < -0.39 is 0 Å². The zero-order valence-corrected chi connectivity index (χ0v) is 14.8. The molecule has 0 saturated heterocycles. The highest BCUT2D eigenvalue weighted by atomic mass is 32.1. The van der Waals surface area contributed by atoms with Crippen molar-refractivity contribution in [1.29, 1.82) is 0 Å². The van der Waals surface area contributed by atoms with Gasteiger partial charge in [-0.1, -0.05) is 45.0 Å². The molecule has 1 aromatic carbocycles. The van der Waals surface area contributed by atoms with Crippen molar-refractivity contribution in [3.05, 3.63) is 51.5 Å². The fourth-order valence-electron chi connectivity index (χ4n) is 2.46. The highest BCUT2D eigenvalue weighted by Gasteiger charge is 2.20. The molecule has 0 aliphatic heterocycles. The Kier molecular flexibility index (Phi) is 6.30. The van der Waals surface area contributed by atoms with Crippen LogP contribution in [0.3, 0.4) is 0 Å². The predicted octanol–water partition coefficient (Wildman–Crippen LogP) is 3.33. The van der Waals surface area contributed by atoms with Crippen molar-refractivity contribution in [2.75, 3.05) is 6.54 Å². The van der Waals surface area contributed by atoms with Gasteiger partial charge in [-0.3, -0.25) is 4.79 Å². The number of benzene rings is 1. The van der Waals surface area contributed by atoms with Gasteiger partial charge in [0.1, 0.15) is 5.69 Å². The second-order valence-corrected chi connectivity index (χ2v) is 6.90. The van der Waals surface area contributed by atoms with Gasteiger partial charge in [-0.2, -0.15) is 0 Å². The first-order chi connectivity index (χ1) is 11.0. The Balaban J connectivity index is 2.12. The normalized spacial score (nSPS) is 12.4. The molecule has 124 valence electrons. The standard InChI is InChI=1S/C18H25N3OS/c1-4-13-5-7-14(8-6-13)17(12(2)3)21-18(22)15-11-23-16(20-15)9-10-19/h5-8,11-12,17H,4,9-10,19H2,1-3H3,(H,21,22). The van der Waals surface area contributed by atoms with Gasteiger partial charge in [0.2, 0.25) is 0 Å². The smallest absolute Gasteiger partial charge is 0.271 e. The van der Waals surface area contributed by atoms with Crippen LogP contribution in [0.2, 0.25) is 0 Å². The molecule has 23 heavy (non-hydrogen) atoms. The van der Waals surface area contributed by atoms with E-state index in [9.17, 15) is 4.79 Å². The van der Waals surface area contributed by atoms with E-state index in [2.05, 4.69) is 55.3 Å². The van der Waals surface area contributed by atoms with Crippen LogP contribution in [-0.2, 0) is 12.8 Å². The molecule has 4 nitrogen and oxygen atoms in total. The highest BCUT2D eigenvalue weighted by Crippen LogP contribution is 2.23. The molecule has 0 fully saturated rings. The number of hydrogen-bond acceptors (Lipinski definition) is 4. The number of carbonyl (C=O) groups excluding carboxylic acids is 1. The van der Waals surface area contributed by atoms with Crippen LogP contribution in [0.1, 0.15) is 53.4 Å². The quantitative estimate of drug-likeness (QED) is 0.817. The van der Waals surface area contributed by atoms with Crippen molar-refractivity contribution < 1.29 is 4.79 Å². The number of nitrogens with zero attached hydrogens (tertiary/aromatic N) is 1. The van der Waals surface area contributed by atoms with Crippen LogP contribution in [0, 0.1) is 5.92 Å². The molecule has 1 unspecified atom stereocenters. The first kappa shape index (κ1) is 17.6. The number of aromatic nitrogens is 1. The topological polar surface area (TPSA) is 68.0 Å². The summed E-state index contributed by atoms with van der Waals surface area (Å²) in [6.07, 6.45) is 1.73. The fourth-order valence-corrected chi connectivity index (χ4v) is 3.26. The van der Waals surface area contributed by atoms with Gasteiger partial charge in [-0.15, -0.1) is 11.3 Å². The highest BCUT2D eigenvalue weighted by molar-refractivity contribution is 7.09. The van der Waals surface area contributed by atoms with Crippen molar-refractivity contribution >= 4 is 17.2 Å². The molecule has 0 aliphatic carbocycles. The largest absolute Gasteiger partial charge is 0.344 e. The SMILES string of the molecule is CCc1ccc(C(NC(=O)c2csc(CCN)n2)C(C)C)cc1. The number of carbonyl (C=O) groups is 1. The van der Waals surface area contributed by atoms with Gasteiger partial charge >= 0.3 is 0 Å². The Morgan fingerprint density at radius 2 is 2.00 bits per heavy atom. The summed E-state index contributed by atoms with van der Waals surface area (Å²) in [6.45, 7) is 6.91. The Morgan fingerprint density at radius 3 is 2.57 bits per heavy atom. The fraction of sp³-hybridized carbons (Fsp3) is 0.444. The van der Waals surface area contributed by atoms with Crippen LogP contribution >= 0.6 is 11.3 Å². The summed E-state index contributed by atoms with van der Waals surface area (Å²) in [6, 6.07) is 8.43. The van der Waals surface area contributed by atoms with E-state index in [4.69, 9.17) is 5.73 Å². The predicted molar refractivity (Wildman–Crippen MR) is 95.7 cm³/mol. The van der Waals surface area contributed by atoms with Crippen molar-refractivity contribution in [3.63, 3.8) is 0 Å². The maximum absolute atomic E-state index is 12.5. The molecule has 0 aliphatic rings. The summed E-state index contributed by atoms with van der Waals surface area (Å²) in [7, 11) is 0. The van der Waals surface area contributed by atoms with Crippen LogP contribution in [0.15, 0.2) is 29.6 Å². The van der Waals surface area contributed by atoms with Crippen molar-refractivity contribution in [3.8, 4) is 0 Å². The third-order valence-corrected chi connectivity index (χ3v) is 4.75. The molecule has 1 atom stereocenters. The van der Waals surface area contributed by atoms with Crippen molar-refractivity contribution in [1.82, 2.24) is 10.3 Å². The number of nitrogens with one attached hydrogen (secondary N) is 1. The van der Waals surface area contributed by atoms with E-state index in [-0.39, 0.29) is 11.9 Å². The number of nitrogens with two attached hydrogens (primary N) is 1. The molecule has 0 spiro atoms. The average Bonchev–Trinajstić information content (AvgIpc) is 3.01. The van der Waals surface area contributed by atoms with Crippen molar-refractivity contribution in [2.24, 2.45) is 11.7 Å². The molecule has 2 aromatic rings. The van der Waals surface area contributed by atoms with Crippen LogP contribution in [0.5, 0.6) is 0 Å². The van der Waals surface area contributed by atoms with Gasteiger partial charge in [-0.25, -0.2) is 4.98 Å².